The van der Waals surface area contributed by atoms with E-state index in [9.17, 15) is 22.8 Å². The number of nitrogens with zero attached hydrogens (tertiary/aromatic N) is 2. The molecule has 1 atom stereocenters. The van der Waals surface area contributed by atoms with Crippen LogP contribution in [0.2, 0.25) is 5.02 Å². The monoisotopic (exact) mass is 581 g/mol. The number of hydrogen-bond acceptors (Lipinski definition) is 5. The molecule has 0 radical (unpaired) electrons. The van der Waals surface area contributed by atoms with Crippen molar-refractivity contribution in [2.75, 3.05) is 13.1 Å². The van der Waals surface area contributed by atoms with Crippen LogP contribution in [-0.4, -0.2) is 54.5 Å². The van der Waals surface area contributed by atoms with Gasteiger partial charge in [0.05, 0.1) is 5.56 Å². The number of rotatable bonds is 12. The second kappa shape index (κ2) is 13.1. The average Bonchev–Trinajstić information content (AvgIpc) is 3.15. The second-order valence-corrected chi connectivity index (χ2v) is 11.8. The van der Waals surface area contributed by atoms with Gasteiger partial charge in [0.2, 0.25) is 11.8 Å². The predicted molar refractivity (Wildman–Crippen MR) is 153 cm³/mol. The molecule has 0 aromatic heterocycles. The summed E-state index contributed by atoms with van der Waals surface area (Å²) in [7, 11) is -3.97. The molecule has 1 aliphatic heterocycles. The van der Waals surface area contributed by atoms with E-state index in [0.717, 1.165) is 16.3 Å². The molecule has 1 heterocycles. The number of nitrogens with one attached hydrogen (secondary N) is 1. The molecule has 10 heteroatoms. The summed E-state index contributed by atoms with van der Waals surface area (Å²) < 4.78 is 26.7. The predicted octanol–water partition coefficient (Wildman–Crippen LogP) is 4.43. The van der Waals surface area contributed by atoms with Crippen LogP contribution in [0.15, 0.2) is 83.8 Å². The summed E-state index contributed by atoms with van der Waals surface area (Å²) in [5.41, 5.74) is 1.71. The fourth-order valence-electron chi connectivity index (χ4n) is 4.70. The van der Waals surface area contributed by atoms with E-state index in [-0.39, 0.29) is 48.2 Å². The number of benzene rings is 3. The fourth-order valence-corrected chi connectivity index (χ4v) is 6.50. The first-order valence-electron chi connectivity index (χ1n) is 13.2. The Kier molecular flexibility index (Phi) is 9.60. The van der Waals surface area contributed by atoms with Crippen LogP contribution < -0.4 is 5.32 Å². The highest BCUT2D eigenvalue weighted by Crippen LogP contribution is 2.30. The van der Waals surface area contributed by atoms with E-state index in [0.29, 0.717) is 23.6 Å². The van der Waals surface area contributed by atoms with Crippen LogP contribution >= 0.6 is 11.6 Å². The molecule has 3 aromatic carbocycles. The first-order valence-corrected chi connectivity index (χ1v) is 15.1. The van der Waals surface area contributed by atoms with Gasteiger partial charge in [0.25, 0.3) is 15.9 Å². The maximum atomic E-state index is 13.8. The van der Waals surface area contributed by atoms with Gasteiger partial charge in [0.1, 0.15) is 10.9 Å². The standard InChI is InChI=1S/C30H32ClN3O5S/c1-2-18-32-29(36)26(20-22-11-4-3-5-12-22)33(21-23-13-6-8-15-25(23)31)28(35)17-10-19-34-30(37)24-14-7-9-16-27(24)40(34,38)39/h3-9,11-16,26H,2,10,17-21H2,1H3,(H,32,36)/t26-/m0/s1. The molecular weight excluding hydrogens is 550 g/mol. The van der Waals surface area contributed by atoms with E-state index in [1.54, 1.807) is 30.3 Å². The Morgan fingerprint density at radius 3 is 2.35 bits per heavy atom. The van der Waals surface area contributed by atoms with Gasteiger partial charge in [0.15, 0.2) is 0 Å². The Morgan fingerprint density at radius 2 is 1.65 bits per heavy atom. The number of fused-ring (bicyclic) bond motifs is 1. The van der Waals surface area contributed by atoms with Gasteiger partial charge >= 0.3 is 0 Å². The van der Waals surface area contributed by atoms with Crippen LogP contribution in [0.4, 0.5) is 0 Å². The molecule has 0 aliphatic carbocycles. The molecular formula is C30H32ClN3O5S. The van der Waals surface area contributed by atoms with Crippen LogP contribution in [-0.2, 0) is 32.6 Å². The van der Waals surface area contributed by atoms with Crippen LogP contribution in [0.1, 0.15) is 47.7 Å². The zero-order chi connectivity index (χ0) is 28.7. The molecule has 0 fully saturated rings. The van der Waals surface area contributed by atoms with Crippen molar-refractivity contribution >= 4 is 39.3 Å². The first-order chi connectivity index (χ1) is 19.2. The van der Waals surface area contributed by atoms with Crippen LogP contribution in [0, 0.1) is 0 Å². The maximum Gasteiger partial charge on any atom is 0.269 e. The molecule has 40 heavy (non-hydrogen) atoms. The third-order valence-electron chi connectivity index (χ3n) is 6.78. The van der Waals surface area contributed by atoms with Crippen molar-refractivity contribution in [1.82, 2.24) is 14.5 Å². The normalized spacial score (nSPS) is 14.4. The largest absolute Gasteiger partial charge is 0.354 e. The molecule has 1 N–H and O–H groups in total. The minimum Gasteiger partial charge on any atom is -0.354 e. The van der Waals surface area contributed by atoms with Crippen molar-refractivity contribution in [3.63, 3.8) is 0 Å². The smallest absolute Gasteiger partial charge is 0.269 e. The summed E-state index contributed by atoms with van der Waals surface area (Å²) in [4.78, 5) is 41.4. The molecule has 8 nitrogen and oxygen atoms in total. The molecule has 0 saturated carbocycles. The first kappa shape index (κ1) is 29.3. The van der Waals surface area contributed by atoms with E-state index in [4.69, 9.17) is 11.6 Å². The van der Waals surface area contributed by atoms with Crippen molar-refractivity contribution in [1.29, 1.82) is 0 Å². The van der Waals surface area contributed by atoms with Gasteiger partial charge in [-0.25, -0.2) is 12.7 Å². The van der Waals surface area contributed by atoms with Crippen molar-refractivity contribution in [2.24, 2.45) is 0 Å². The lowest BCUT2D eigenvalue weighted by atomic mass is 10.0. The minimum absolute atomic E-state index is 0.0257. The Bertz CT molecular complexity index is 1480. The van der Waals surface area contributed by atoms with Gasteiger partial charge in [-0.15, -0.1) is 0 Å². The average molecular weight is 582 g/mol. The molecule has 210 valence electrons. The number of carbonyl (C=O) groups is 3. The molecule has 4 rings (SSSR count). The van der Waals surface area contributed by atoms with Gasteiger partial charge in [-0.3, -0.25) is 14.4 Å². The van der Waals surface area contributed by atoms with Crippen molar-refractivity contribution in [2.45, 2.75) is 50.1 Å². The molecule has 0 bridgehead atoms. The summed E-state index contributed by atoms with van der Waals surface area (Å²) in [5, 5.41) is 3.39. The van der Waals surface area contributed by atoms with Gasteiger partial charge in [0, 0.05) is 37.5 Å². The summed E-state index contributed by atoms with van der Waals surface area (Å²) in [5.74, 6) is -1.22. The Hall–Kier alpha value is -3.69. The Balaban J connectivity index is 1.56. The highest BCUT2D eigenvalue weighted by molar-refractivity contribution is 7.90. The summed E-state index contributed by atoms with van der Waals surface area (Å²) in [6, 6.07) is 21.8. The lowest BCUT2D eigenvalue weighted by molar-refractivity contribution is -0.141. The quantitative estimate of drug-likeness (QED) is 0.341. The summed E-state index contributed by atoms with van der Waals surface area (Å²) in [6.07, 6.45) is 1.07. The second-order valence-electron chi connectivity index (χ2n) is 9.59. The van der Waals surface area contributed by atoms with E-state index in [1.165, 1.54) is 17.0 Å². The fraction of sp³-hybridized carbons (Fsp3) is 0.300. The number of carbonyl (C=O) groups excluding carboxylic acids is 3. The molecule has 0 spiro atoms. The van der Waals surface area contributed by atoms with Gasteiger partial charge in [-0.1, -0.05) is 79.2 Å². The number of amides is 3. The van der Waals surface area contributed by atoms with Crippen molar-refractivity contribution in [3.8, 4) is 0 Å². The highest BCUT2D eigenvalue weighted by Gasteiger charge is 2.40. The van der Waals surface area contributed by atoms with Crippen molar-refractivity contribution < 1.29 is 22.8 Å². The summed E-state index contributed by atoms with van der Waals surface area (Å²) >= 11 is 6.43. The van der Waals surface area contributed by atoms with Gasteiger partial charge in [-0.2, -0.15) is 0 Å². The maximum absolute atomic E-state index is 13.8. The van der Waals surface area contributed by atoms with E-state index in [1.807, 2.05) is 43.3 Å². The molecule has 3 aromatic rings. The third-order valence-corrected chi connectivity index (χ3v) is 8.99. The number of sulfonamides is 1. The zero-order valence-corrected chi connectivity index (χ0v) is 23.8. The zero-order valence-electron chi connectivity index (χ0n) is 22.3. The van der Waals surface area contributed by atoms with Crippen LogP contribution in [0.25, 0.3) is 0 Å². The Labute approximate surface area is 240 Å². The van der Waals surface area contributed by atoms with E-state index >= 15 is 0 Å². The number of hydrogen-bond donors (Lipinski definition) is 1. The SMILES string of the molecule is CCCNC(=O)[C@H](Cc1ccccc1)N(Cc1ccccc1Cl)C(=O)CCCN1C(=O)c2ccccc2S1(=O)=O. The third kappa shape index (κ3) is 6.54. The molecule has 0 saturated heterocycles. The lowest BCUT2D eigenvalue weighted by Crippen LogP contribution is -2.50. The van der Waals surface area contributed by atoms with Crippen LogP contribution in [0.5, 0.6) is 0 Å². The Morgan fingerprint density at radius 1 is 0.975 bits per heavy atom. The highest BCUT2D eigenvalue weighted by atomic mass is 35.5. The van der Waals surface area contributed by atoms with Crippen LogP contribution in [0.3, 0.4) is 0 Å². The minimum atomic E-state index is -3.97. The number of halogens is 1. The van der Waals surface area contributed by atoms with Gasteiger partial charge in [-0.05, 0) is 42.2 Å². The summed E-state index contributed by atoms with van der Waals surface area (Å²) in [6.45, 7) is 2.37. The molecule has 3 amide bonds. The van der Waals surface area contributed by atoms with E-state index < -0.39 is 22.0 Å². The molecule has 0 unspecified atom stereocenters. The van der Waals surface area contributed by atoms with Crippen molar-refractivity contribution in [3.05, 3.63) is 101 Å². The topological polar surface area (TPSA) is 104 Å². The van der Waals surface area contributed by atoms with E-state index in [2.05, 4.69) is 5.32 Å². The van der Waals surface area contributed by atoms with Gasteiger partial charge < -0.3 is 10.2 Å². The lowest BCUT2D eigenvalue weighted by Gasteiger charge is -2.32. The molecule has 1 aliphatic rings.